The molecule has 1 heterocycles. The number of nitrogens with one attached hydrogen (secondary N) is 1. The number of hydrogen-bond donors (Lipinski definition) is 1. The Bertz CT molecular complexity index is 1720. The van der Waals surface area contributed by atoms with Crippen molar-refractivity contribution in [3.63, 3.8) is 0 Å². The summed E-state index contributed by atoms with van der Waals surface area (Å²) in [7, 11) is 3.23. The molecule has 0 aliphatic carbocycles. The molecule has 1 unspecified atom stereocenters. The number of esters is 1. The molecule has 5 aromatic rings. The molecule has 4 aromatic carbocycles. The molecule has 0 aliphatic rings. The van der Waals surface area contributed by atoms with E-state index in [2.05, 4.69) is 21.2 Å². The first kappa shape index (κ1) is 27.8. The van der Waals surface area contributed by atoms with Crippen LogP contribution in [0.1, 0.15) is 17.3 Å². The molecular weight excluding hydrogens is 586 g/mol. The molecule has 0 aliphatic heterocycles. The van der Waals surface area contributed by atoms with Gasteiger partial charge in [-0.15, -0.1) is 0 Å². The van der Waals surface area contributed by atoms with E-state index in [9.17, 15) is 9.59 Å². The minimum absolute atomic E-state index is 0.255. The monoisotopic (exact) mass is 611 g/mol. The summed E-state index contributed by atoms with van der Waals surface area (Å²) in [6.07, 6.45) is -1.02. The lowest BCUT2D eigenvalue weighted by atomic mass is 10.0. The number of amides is 1. The Kier molecular flexibility index (Phi) is 8.26. The van der Waals surface area contributed by atoms with Crippen molar-refractivity contribution in [1.82, 2.24) is 9.97 Å². The maximum absolute atomic E-state index is 13.0. The number of rotatable bonds is 8. The molecule has 41 heavy (non-hydrogen) atoms. The third kappa shape index (κ3) is 6.20. The molecule has 0 fully saturated rings. The van der Waals surface area contributed by atoms with Crippen molar-refractivity contribution < 1.29 is 23.8 Å². The number of methoxy groups -OCH3 is 2. The molecule has 0 radical (unpaired) electrons. The highest BCUT2D eigenvalue weighted by molar-refractivity contribution is 9.10. The molecular formula is C32H26BrN3O5. The van der Waals surface area contributed by atoms with Crippen LogP contribution in [-0.2, 0) is 9.53 Å². The summed E-state index contributed by atoms with van der Waals surface area (Å²) in [6, 6.07) is 27.3. The standard InChI is InChI=1S/C32H26BrN3O5/c1-19(31(37)36-26-7-5-4-6-25(26)33)41-32(38)22-12-17-27-28(18-22)35-30(21-10-15-24(40-3)16-11-21)29(34-27)20-8-13-23(39-2)14-9-20/h4-19H,1-3H3,(H,36,37). The van der Waals surface area contributed by atoms with Crippen molar-refractivity contribution in [2.45, 2.75) is 13.0 Å². The maximum Gasteiger partial charge on any atom is 0.338 e. The highest BCUT2D eigenvalue weighted by atomic mass is 79.9. The summed E-state index contributed by atoms with van der Waals surface area (Å²) in [5, 5.41) is 2.76. The van der Waals surface area contributed by atoms with Crippen molar-refractivity contribution in [2.24, 2.45) is 0 Å². The average molecular weight is 612 g/mol. The zero-order valence-corrected chi connectivity index (χ0v) is 24.1. The summed E-state index contributed by atoms with van der Waals surface area (Å²) < 4.78 is 16.8. The first-order valence-electron chi connectivity index (χ1n) is 12.7. The number of nitrogens with zero attached hydrogens (tertiary/aromatic N) is 2. The zero-order chi connectivity index (χ0) is 28.9. The normalized spacial score (nSPS) is 11.5. The van der Waals surface area contributed by atoms with E-state index in [0.29, 0.717) is 28.1 Å². The Morgan fingerprint density at radius 3 is 1.88 bits per heavy atom. The average Bonchev–Trinajstić information content (AvgIpc) is 3.01. The van der Waals surface area contributed by atoms with E-state index in [1.54, 1.807) is 44.6 Å². The second kappa shape index (κ2) is 12.2. The van der Waals surface area contributed by atoms with Gasteiger partial charge in [-0.1, -0.05) is 12.1 Å². The largest absolute Gasteiger partial charge is 0.497 e. The van der Waals surface area contributed by atoms with Gasteiger partial charge in [0.05, 0.1) is 47.9 Å². The van der Waals surface area contributed by atoms with E-state index in [-0.39, 0.29) is 5.56 Å². The fourth-order valence-electron chi connectivity index (χ4n) is 4.16. The summed E-state index contributed by atoms with van der Waals surface area (Å²) in [5.41, 5.74) is 4.95. The third-order valence-electron chi connectivity index (χ3n) is 6.41. The molecule has 1 N–H and O–H groups in total. The van der Waals surface area contributed by atoms with Crippen LogP contribution in [0.2, 0.25) is 0 Å². The molecule has 0 bridgehead atoms. The number of hydrogen-bond acceptors (Lipinski definition) is 7. The number of ether oxygens (including phenoxy) is 3. The van der Waals surface area contributed by atoms with Gasteiger partial charge < -0.3 is 19.5 Å². The van der Waals surface area contributed by atoms with E-state index >= 15 is 0 Å². The van der Waals surface area contributed by atoms with Gasteiger partial charge in [0.25, 0.3) is 5.91 Å². The Balaban J connectivity index is 1.46. The van der Waals surface area contributed by atoms with Crippen LogP contribution in [0.3, 0.4) is 0 Å². The van der Waals surface area contributed by atoms with Crippen LogP contribution in [0.5, 0.6) is 11.5 Å². The predicted octanol–water partition coefficient (Wildman–Crippen LogP) is 6.93. The van der Waals surface area contributed by atoms with Crippen LogP contribution >= 0.6 is 15.9 Å². The van der Waals surface area contributed by atoms with Gasteiger partial charge in [0.15, 0.2) is 6.10 Å². The molecule has 1 atom stereocenters. The van der Waals surface area contributed by atoms with E-state index < -0.39 is 18.0 Å². The van der Waals surface area contributed by atoms with Gasteiger partial charge in [-0.2, -0.15) is 0 Å². The molecule has 206 valence electrons. The predicted molar refractivity (Wildman–Crippen MR) is 161 cm³/mol. The Morgan fingerprint density at radius 2 is 1.32 bits per heavy atom. The first-order valence-corrected chi connectivity index (χ1v) is 13.5. The second-order valence-electron chi connectivity index (χ2n) is 9.10. The van der Waals surface area contributed by atoms with Gasteiger partial charge in [-0.25, -0.2) is 14.8 Å². The number of para-hydroxylation sites is 1. The van der Waals surface area contributed by atoms with Crippen LogP contribution < -0.4 is 14.8 Å². The van der Waals surface area contributed by atoms with Crippen molar-refractivity contribution in [1.29, 1.82) is 0 Å². The topological polar surface area (TPSA) is 99.6 Å². The summed E-state index contributed by atoms with van der Waals surface area (Å²) >= 11 is 3.39. The van der Waals surface area contributed by atoms with Gasteiger partial charge in [0.2, 0.25) is 0 Å². The molecule has 1 amide bonds. The number of fused-ring (bicyclic) bond motifs is 1. The number of anilines is 1. The molecule has 1 aromatic heterocycles. The molecule has 8 nitrogen and oxygen atoms in total. The number of carbonyl (C=O) groups excluding carboxylic acids is 2. The van der Waals surface area contributed by atoms with Gasteiger partial charge in [0, 0.05) is 15.6 Å². The molecule has 0 spiro atoms. The van der Waals surface area contributed by atoms with Crippen molar-refractivity contribution in [2.75, 3.05) is 19.5 Å². The SMILES string of the molecule is COc1ccc(-c2nc3ccc(C(=O)OC(C)C(=O)Nc4ccccc4Br)cc3nc2-c2ccc(OC)cc2)cc1. The number of benzene rings is 4. The Hall–Kier alpha value is -4.76. The lowest BCUT2D eigenvalue weighted by Gasteiger charge is -2.15. The van der Waals surface area contributed by atoms with Gasteiger partial charge in [-0.05, 0) is 102 Å². The van der Waals surface area contributed by atoms with Crippen LogP contribution in [0.4, 0.5) is 5.69 Å². The zero-order valence-electron chi connectivity index (χ0n) is 22.6. The fourth-order valence-corrected chi connectivity index (χ4v) is 4.54. The highest BCUT2D eigenvalue weighted by Gasteiger charge is 2.21. The van der Waals surface area contributed by atoms with Crippen LogP contribution in [0, 0.1) is 0 Å². The fraction of sp³-hybridized carbons (Fsp3) is 0.125. The van der Waals surface area contributed by atoms with Crippen molar-refractivity contribution in [3.05, 3.63) is 101 Å². The molecule has 0 saturated heterocycles. The Labute approximate surface area is 245 Å². The molecule has 0 saturated carbocycles. The lowest BCUT2D eigenvalue weighted by Crippen LogP contribution is -2.30. The Morgan fingerprint density at radius 1 is 0.756 bits per heavy atom. The molecule has 9 heteroatoms. The van der Waals surface area contributed by atoms with Gasteiger partial charge in [0.1, 0.15) is 11.5 Å². The first-order chi connectivity index (χ1) is 19.9. The summed E-state index contributed by atoms with van der Waals surface area (Å²) in [6.45, 7) is 1.52. The highest BCUT2D eigenvalue weighted by Crippen LogP contribution is 2.33. The van der Waals surface area contributed by atoms with Crippen molar-refractivity contribution >= 4 is 44.5 Å². The lowest BCUT2D eigenvalue weighted by molar-refractivity contribution is -0.123. The summed E-state index contributed by atoms with van der Waals surface area (Å²) in [4.78, 5) is 35.5. The second-order valence-corrected chi connectivity index (χ2v) is 9.95. The van der Waals surface area contributed by atoms with Crippen molar-refractivity contribution in [3.8, 4) is 34.0 Å². The minimum atomic E-state index is -1.02. The van der Waals surface area contributed by atoms with Crippen LogP contribution in [-0.4, -0.2) is 42.2 Å². The van der Waals surface area contributed by atoms with Crippen LogP contribution in [0.25, 0.3) is 33.5 Å². The quantitative estimate of drug-likeness (QED) is 0.190. The minimum Gasteiger partial charge on any atom is -0.497 e. The summed E-state index contributed by atoms with van der Waals surface area (Å²) in [5.74, 6) is 0.359. The van der Waals surface area contributed by atoms with E-state index in [4.69, 9.17) is 24.2 Å². The number of aromatic nitrogens is 2. The van der Waals surface area contributed by atoms with Gasteiger partial charge in [-0.3, -0.25) is 4.79 Å². The molecule has 5 rings (SSSR count). The van der Waals surface area contributed by atoms with E-state index in [1.807, 2.05) is 60.7 Å². The smallest absolute Gasteiger partial charge is 0.338 e. The third-order valence-corrected chi connectivity index (χ3v) is 7.10. The number of carbonyl (C=O) groups is 2. The van der Waals surface area contributed by atoms with E-state index in [1.165, 1.54) is 6.92 Å². The van der Waals surface area contributed by atoms with Crippen LogP contribution in [0.15, 0.2) is 95.5 Å². The number of halogens is 1. The van der Waals surface area contributed by atoms with Gasteiger partial charge >= 0.3 is 5.97 Å². The van der Waals surface area contributed by atoms with E-state index in [0.717, 1.165) is 27.1 Å². The maximum atomic E-state index is 13.0.